The molecule has 1 aliphatic rings. The largest absolute Gasteiger partial charge is 0.433 e. The van der Waals surface area contributed by atoms with E-state index in [0.717, 1.165) is 6.07 Å². The molecule has 1 aromatic heterocycles. The molecule has 0 spiro atoms. The Balaban J connectivity index is 1.95. The maximum absolute atomic E-state index is 12.4. The molecule has 2 rings (SSSR count). The molecule has 1 fully saturated rings. The van der Waals surface area contributed by atoms with Gasteiger partial charge >= 0.3 is 6.18 Å². The minimum Gasteiger partial charge on any atom is -0.381 e. The van der Waals surface area contributed by atoms with Gasteiger partial charge in [-0.2, -0.15) is 13.2 Å². The van der Waals surface area contributed by atoms with Crippen LogP contribution < -0.4 is 5.32 Å². The maximum atomic E-state index is 12.4. The highest BCUT2D eigenvalue weighted by molar-refractivity contribution is 5.42. The quantitative estimate of drug-likeness (QED) is 0.877. The van der Waals surface area contributed by atoms with Crippen LogP contribution in [0.3, 0.4) is 0 Å². The summed E-state index contributed by atoms with van der Waals surface area (Å²) in [5, 5.41) is 3.26. The zero-order chi connectivity index (χ0) is 13.9. The normalized spacial score (nSPS) is 19.2. The molecule has 5 heteroatoms. The predicted molar refractivity (Wildman–Crippen MR) is 68.9 cm³/mol. The first-order valence-electron chi connectivity index (χ1n) is 6.76. The van der Waals surface area contributed by atoms with Gasteiger partial charge in [0.05, 0.1) is 11.9 Å². The van der Waals surface area contributed by atoms with Gasteiger partial charge in [-0.05, 0) is 37.8 Å². The number of hydrogen-bond acceptors (Lipinski definition) is 2. The standard InChI is InChI=1S/C14H19F3N2/c1-10(11-5-3-2-4-6-11)19-12-7-8-13(18-9-12)14(15,16)17/h7-11,19H,2-6H2,1H3. The van der Waals surface area contributed by atoms with E-state index in [4.69, 9.17) is 0 Å². The molecule has 106 valence electrons. The minimum absolute atomic E-state index is 0.277. The van der Waals surface area contributed by atoms with Gasteiger partial charge in [-0.15, -0.1) is 0 Å². The van der Waals surface area contributed by atoms with Crippen molar-refractivity contribution >= 4 is 5.69 Å². The SMILES string of the molecule is CC(Nc1ccc(C(F)(F)F)nc1)C1CCCCC1. The summed E-state index contributed by atoms with van der Waals surface area (Å²) in [5.41, 5.74) is -0.186. The maximum Gasteiger partial charge on any atom is 0.433 e. The summed E-state index contributed by atoms with van der Waals surface area (Å²) in [6.45, 7) is 2.09. The average Bonchev–Trinajstić information content (AvgIpc) is 2.39. The van der Waals surface area contributed by atoms with Crippen LogP contribution in [0.4, 0.5) is 18.9 Å². The zero-order valence-corrected chi connectivity index (χ0v) is 11.0. The Morgan fingerprint density at radius 3 is 2.42 bits per heavy atom. The molecule has 0 saturated heterocycles. The van der Waals surface area contributed by atoms with Crippen LogP contribution in [-0.2, 0) is 6.18 Å². The van der Waals surface area contributed by atoms with Gasteiger partial charge in [0.15, 0.2) is 0 Å². The first-order valence-corrected chi connectivity index (χ1v) is 6.76. The number of aromatic nitrogens is 1. The Morgan fingerprint density at radius 2 is 1.89 bits per heavy atom. The Hall–Kier alpha value is -1.26. The fourth-order valence-electron chi connectivity index (χ4n) is 2.66. The van der Waals surface area contributed by atoms with Crippen molar-refractivity contribution in [2.24, 2.45) is 5.92 Å². The summed E-state index contributed by atoms with van der Waals surface area (Å²) in [7, 11) is 0. The summed E-state index contributed by atoms with van der Waals surface area (Å²) in [6, 6.07) is 2.75. The fourth-order valence-corrected chi connectivity index (χ4v) is 2.66. The lowest BCUT2D eigenvalue weighted by molar-refractivity contribution is -0.141. The minimum atomic E-state index is -4.37. The third-order valence-electron chi connectivity index (χ3n) is 3.81. The molecule has 0 aromatic carbocycles. The first kappa shape index (κ1) is 14.2. The number of nitrogens with one attached hydrogen (secondary N) is 1. The molecule has 1 aromatic rings. The molecule has 0 amide bonds. The van der Waals surface area contributed by atoms with E-state index in [0.29, 0.717) is 11.6 Å². The van der Waals surface area contributed by atoms with Crippen LogP contribution in [0.2, 0.25) is 0 Å². The monoisotopic (exact) mass is 272 g/mol. The summed E-state index contributed by atoms with van der Waals surface area (Å²) in [6.07, 6.45) is 3.09. The van der Waals surface area contributed by atoms with Gasteiger partial charge in [-0.1, -0.05) is 19.3 Å². The highest BCUT2D eigenvalue weighted by atomic mass is 19.4. The van der Waals surface area contributed by atoms with E-state index in [1.54, 1.807) is 0 Å². The van der Waals surface area contributed by atoms with Crippen molar-refractivity contribution in [3.8, 4) is 0 Å². The lowest BCUT2D eigenvalue weighted by Gasteiger charge is -2.28. The van der Waals surface area contributed by atoms with E-state index in [1.165, 1.54) is 44.4 Å². The molecule has 0 aliphatic heterocycles. The molecule has 0 radical (unpaired) electrons. The molecule has 1 unspecified atom stereocenters. The zero-order valence-electron chi connectivity index (χ0n) is 11.0. The van der Waals surface area contributed by atoms with Crippen LogP contribution in [0.1, 0.15) is 44.7 Å². The summed E-state index contributed by atoms with van der Waals surface area (Å²) >= 11 is 0. The van der Waals surface area contributed by atoms with Crippen LogP contribution in [-0.4, -0.2) is 11.0 Å². The van der Waals surface area contributed by atoms with E-state index in [1.807, 2.05) is 0 Å². The second kappa shape index (κ2) is 5.80. The highest BCUT2D eigenvalue weighted by Gasteiger charge is 2.32. The Bertz CT molecular complexity index is 394. The van der Waals surface area contributed by atoms with E-state index < -0.39 is 11.9 Å². The number of rotatable bonds is 3. The molecule has 0 bridgehead atoms. The van der Waals surface area contributed by atoms with E-state index in [-0.39, 0.29) is 6.04 Å². The molecule has 19 heavy (non-hydrogen) atoms. The third-order valence-corrected chi connectivity index (χ3v) is 3.81. The average molecular weight is 272 g/mol. The van der Waals surface area contributed by atoms with Crippen molar-refractivity contribution in [2.75, 3.05) is 5.32 Å². The van der Waals surface area contributed by atoms with Crippen LogP contribution in [0.5, 0.6) is 0 Å². The Morgan fingerprint density at radius 1 is 1.21 bits per heavy atom. The highest BCUT2D eigenvalue weighted by Crippen LogP contribution is 2.30. The molecule has 1 N–H and O–H groups in total. The van der Waals surface area contributed by atoms with Crippen molar-refractivity contribution in [1.29, 1.82) is 0 Å². The van der Waals surface area contributed by atoms with Crippen molar-refractivity contribution in [2.45, 2.75) is 51.2 Å². The van der Waals surface area contributed by atoms with Crippen molar-refractivity contribution < 1.29 is 13.2 Å². The van der Waals surface area contributed by atoms with E-state index >= 15 is 0 Å². The van der Waals surface area contributed by atoms with Gasteiger partial charge in [-0.3, -0.25) is 0 Å². The van der Waals surface area contributed by atoms with Crippen LogP contribution in [0.25, 0.3) is 0 Å². The summed E-state index contributed by atoms with van der Waals surface area (Å²) in [5.74, 6) is 0.607. The smallest absolute Gasteiger partial charge is 0.381 e. The van der Waals surface area contributed by atoms with Crippen LogP contribution in [0.15, 0.2) is 18.3 Å². The lowest BCUT2D eigenvalue weighted by atomic mass is 9.84. The third kappa shape index (κ3) is 3.85. The molecule has 2 nitrogen and oxygen atoms in total. The van der Waals surface area contributed by atoms with E-state index in [9.17, 15) is 13.2 Å². The number of alkyl halides is 3. The second-order valence-electron chi connectivity index (χ2n) is 5.26. The first-order chi connectivity index (χ1) is 8.97. The van der Waals surface area contributed by atoms with Gasteiger partial charge in [0, 0.05) is 6.04 Å². The van der Waals surface area contributed by atoms with Crippen LogP contribution >= 0.6 is 0 Å². The van der Waals surface area contributed by atoms with Crippen molar-refractivity contribution in [1.82, 2.24) is 4.98 Å². The molecular weight excluding hydrogens is 253 g/mol. The summed E-state index contributed by atoms with van der Waals surface area (Å²) in [4.78, 5) is 3.46. The van der Waals surface area contributed by atoms with E-state index in [2.05, 4.69) is 17.2 Å². The summed E-state index contributed by atoms with van der Waals surface area (Å²) < 4.78 is 37.2. The second-order valence-corrected chi connectivity index (χ2v) is 5.26. The van der Waals surface area contributed by atoms with Crippen LogP contribution in [0, 0.1) is 5.92 Å². The van der Waals surface area contributed by atoms with Gasteiger partial charge in [0.2, 0.25) is 0 Å². The molecular formula is C14H19F3N2. The molecule has 1 saturated carbocycles. The number of nitrogens with zero attached hydrogens (tertiary/aromatic N) is 1. The fraction of sp³-hybridized carbons (Fsp3) is 0.643. The lowest BCUT2D eigenvalue weighted by Crippen LogP contribution is -2.27. The van der Waals surface area contributed by atoms with Crippen molar-refractivity contribution in [3.63, 3.8) is 0 Å². The Kier molecular flexibility index (Phi) is 4.32. The molecule has 1 atom stereocenters. The molecule has 1 aliphatic carbocycles. The van der Waals surface area contributed by atoms with Gasteiger partial charge in [0.25, 0.3) is 0 Å². The molecule has 1 heterocycles. The number of pyridine rings is 1. The Labute approximate surface area is 111 Å². The van der Waals surface area contributed by atoms with Gasteiger partial charge < -0.3 is 5.32 Å². The van der Waals surface area contributed by atoms with Gasteiger partial charge in [0.1, 0.15) is 5.69 Å². The van der Waals surface area contributed by atoms with Crippen molar-refractivity contribution in [3.05, 3.63) is 24.0 Å². The topological polar surface area (TPSA) is 24.9 Å². The number of anilines is 1. The number of halogens is 3. The number of hydrogen-bond donors (Lipinski definition) is 1. The predicted octanol–water partition coefficient (Wildman–Crippen LogP) is 4.48. The van der Waals surface area contributed by atoms with Gasteiger partial charge in [-0.25, -0.2) is 4.98 Å².